The Morgan fingerprint density at radius 3 is 1.58 bits per heavy atom. The Morgan fingerprint density at radius 2 is 1.02 bits per heavy atom. The number of nitrogens with zero attached hydrogens (tertiary/aromatic N) is 1. The van der Waals surface area contributed by atoms with Crippen LogP contribution < -0.4 is 0 Å². The fraction of sp³-hybridized carbons (Fsp3) is 0.667. The molecule has 0 amide bonds. The van der Waals surface area contributed by atoms with E-state index in [1.807, 2.05) is 57.6 Å². The molecule has 59 heavy (non-hydrogen) atoms. The van der Waals surface area contributed by atoms with E-state index in [0.717, 1.165) is 64.2 Å². The van der Waals surface area contributed by atoms with E-state index >= 15 is 0 Å². The fourth-order valence-corrected chi connectivity index (χ4v) is 6.28. The largest absolute Gasteiger partial charge is 0.477 e. The molecule has 0 bridgehead atoms. The average Bonchev–Trinajstić information content (AvgIpc) is 3.19. The van der Waals surface area contributed by atoms with Gasteiger partial charge in [-0.2, -0.15) is 0 Å². The third kappa shape index (κ3) is 39.7. The number of hydrogen-bond donors (Lipinski definition) is 1. The van der Waals surface area contributed by atoms with Gasteiger partial charge in [-0.25, -0.2) is 4.79 Å². The first-order valence-electron chi connectivity index (χ1n) is 23.2. The molecule has 0 rings (SSSR count). The molecule has 0 aromatic rings. The predicted molar refractivity (Wildman–Crippen MR) is 247 cm³/mol. The minimum absolute atomic E-state index is 0.0385. The van der Waals surface area contributed by atoms with E-state index in [4.69, 9.17) is 14.2 Å². The topological polar surface area (TPSA) is 99.1 Å². The summed E-state index contributed by atoms with van der Waals surface area (Å²) in [7, 11) is 5.50. The summed E-state index contributed by atoms with van der Waals surface area (Å²) < 4.78 is 17.2. The first kappa shape index (κ1) is 55.5. The molecule has 0 aliphatic rings. The number of likely N-dealkylation sites (N-methyl/N-ethyl adjacent to an activating group) is 1. The van der Waals surface area contributed by atoms with Crippen molar-refractivity contribution in [3.05, 3.63) is 85.1 Å². The number of hydrogen-bond acceptors (Lipinski definition) is 6. The molecule has 0 radical (unpaired) electrons. The van der Waals surface area contributed by atoms with E-state index in [2.05, 4.69) is 62.5 Å². The first-order valence-corrected chi connectivity index (χ1v) is 23.2. The number of quaternary nitrogens is 1. The number of carboxylic acids is 1. The van der Waals surface area contributed by atoms with Crippen molar-refractivity contribution < 1.29 is 38.2 Å². The van der Waals surface area contributed by atoms with E-state index in [1.165, 1.54) is 64.2 Å². The quantitative estimate of drug-likeness (QED) is 0.0216. The van der Waals surface area contributed by atoms with Gasteiger partial charge in [0.1, 0.15) is 6.61 Å². The van der Waals surface area contributed by atoms with Crippen LogP contribution in [0.15, 0.2) is 85.1 Å². The van der Waals surface area contributed by atoms with Gasteiger partial charge >= 0.3 is 17.9 Å². The Hall–Kier alpha value is -3.49. The summed E-state index contributed by atoms with van der Waals surface area (Å²) in [5, 5.41) is 9.62. The number of carbonyl (C=O) groups is 3. The van der Waals surface area contributed by atoms with Gasteiger partial charge in [0.2, 0.25) is 0 Å². The number of rotatable bonds is 40. The molecule has 2 unspecified atom stereocenters. The predicted octanol–water partition coefficient (Wildman–Crippen LogP) is 12.9. The van der Waals surface area contributed by atoms with Crippen molar-refractivity contribution in [2.45, 2.75) is 180 Å². The smallest absolute Gasteiger partial charge is 0.362 e. The fourth-order valence-electron chi connectivity index (χ4n) is 6.28. The Bertz CT molecular complexity index is 1240. The van der Waals surface area contributed by atoms with Crippen LogP contribution in [-0.4, -0.2) is 80.6 Å². The molecule has 0 saturated carbocycles. The molecule has 0 aliphatic carbocycles. The first-order chi connectivity index (χ1) is 28.6. The third-order valence-corrected chi connectivity index (χ3v) is 9.87. The van der Waals surface area contributed by atoms with Crippen molar-refractivity contribution in [1.82, 2.24) is 0 Å². The molecule has 1 N–H and O–H groups in total. The Morgan fingerprint density at radius 1 is 0.542 bits per heavy atom. The van der Waals surface area contributed by atoms with Crippen LogP contribution in [0.4, 0.5) is 0 Å². The van der Waals surface area contributed by atoms with Crippen molar-refractivity contribution in [1.29, 1.82) is 0 Å². The molecule has 336 valence electrons. The van der Waals surface area contributed by atoms with Gasteiger partial charge < -0.3 is 23.8 Å². The normalized spacial score (nSPS) is 13.7. The van der Waals surface area contributed by atoms with Gasteiger partial charge in [0.05, 0.1) is 34.4 Å². The molecule has 0 aliphatic heterocycles. The number of aliphatic carboxylic acids is 1. The van der Waals surface area contributed by atoms with Crippen LogP contribution in [0.3, 0.4) is 0 Å². The lowest BCUT2D eigenvalue weighted by atomic mass is 10.1. The van der Waals surface area contributed by atoms with Crippen molar-refractivity contribution in [3.8, 4) is 0 Å². The molecular weight excluding hydrogens is 739 g/mol. The van der Waals surface area contributed by atoms with Crippen LogP contribution >= 0.6 is 0 Å². The van der Waals surface area contributed by atoms with Crippen LogP contribution in [0.5, 0.6) is 0 Å². The zero-order chi connectivity index (χ0) is 43.5. The summed E-state index contributed by atoms with van der Waals surface area (Å²) in [6, 6.07) is -0.627. The van der Waals surface area contributed by atoms with Crippen molar-refractivity contribution in [3.63, 3.8) is 0 Å². The molecule has 0 fully saturated rings. The number of esters is 2. The summed E-state index contributed by atoms with van der Waals surface area (Å²) in [6.45, 7) is 4.50. The van der Waals surface area contributed by atoms with E-state index in [-0.39, 0.29) is 42.7 Å². The zero-order valence-electron chi connectivity index (χ0n) is 38.2. The maximum Gasteiger partial charge on any atom is 0.362 e. The molecule has 8 heteroatoms. The number of carbonyl (C=O) groups excluding carboxylic acids is 2. The number of allylic oxidation sites excluding steroid dienone is 14. The maximum atomic E-state index is 12.7. The Balaban J connectivity index is 4.32. The van der Waals surface area contributed by atoms with E-state index in [9.17, 15) is 19.5 Å². The minimum Gasteiger partial charge on any atom is -0.477 e. The van der Waals surface area contributed by atoms with Crippen molar-refractivity contribution in [2.24, 2.45) is 0 Å². The van der Waals surface area contributed by atoms with E-state index < -0.39 is 18.1 Å². The van der Waals surface area contributed by atoms with Crippen LogP contribution in [-0.2, 0) is 28.6 Å². The van der Waals surface area contributed by atoms with Gasteiger partial charge in [-0.05, 0) is 70.6 Å². The van der Waals surface area contributed by atoms with Gasteiger partial charge in [0.15, 0.2) is 12.1 Å². The van der Waals surface area contributed by atoms with Gasteiger partial charge in [0, 0.05) is 19.3 Å². The molecule has 0 aromatic heterocycles. The van der Waals surface area contributed by atoms with Crippen LogP contribution in [0, 0.1) is 0 Å². The van der Waals surface area contributed by atoms with Gasteiger partial charge in [-0.3, -0.25) is 9.59 Å². The number of carboxylic acid groups (broad SMARTS) is 1. The highest BCUT2D eigenvalue weighted by Crippen LogP contribution is 2.14. The lowest BCUT2D eigenvalue weighted by molar-refractivity contribution is -0.887. The number of unbranched alkanes of at least 4 members (excludes halogenated alkanes) is 15. The van der Waals surface area contributed by atoms with Crippen molar-refractivity contribution in [2.75, 3.05) is 41.0 Å². The summed E-state index contributed by atoms with van der Waals surface area (Å²) in [4.78, 5) is 37.0. The maximum absolute atomic E-state index is 12.7. The standard InChI is InChI=1S/C51H85NO7/c1-6-8-10-12-14-16-18-20-21-22-23-24-25-26-27-28-30-31-33-35-37-39-41-49(53)58-46-47(45-57-44-43-48(51(55)56)52(3,4)5)59-50(54)42-40-38-36-34-32-29-19-17-15-13-11-9-7-2/h9,11,13-17,19-21,23-24,29,32,47-48H,6-8,10,12,18,22,25-28,30-31,33-46H2,1-5H3/p+1/b11-9+,15-13+,16-14+,19-17+,21-20+,24-23+,32-29+. The molecule has 0 spiro atoms. The van der Waals surface area contributed by atoms with Gasteiger partial charge in [-0.1, -0.05) is 163 Å². The van der Waals surface area contributed by atoms with Crippen LogP contribution in [0.25, 0.3) is 0 Å². The second-order valence-electron chi connectivity index (χ2n) is 16.4. The molecular formula is C51H86NO7+. The van der Waals surface area contributed by atoms with Gasteiger partial charge in [0.25, 0.3) is 0 Å². The molecule has 0 heterocycles. The molecule has 8 nitrogen and oxygen atoms in total. The summed E-state index contributed by atoms with van der Waals surface area (Å²) >= 11 is 0. The number of ether oxygens (including phenoxy) is 3. The highest BCUT2D eigenvalue weighted by Gasteiger charge is 2.31. The monoisotopic (exact) mass is 825 g/mol. The molecule has 0 aromatic carbocycles. The lowest BCUT2D eigenvalue weighted by Gasteiger charge is -2.31. The zero-order valence-corrected chi connectivity index (χ0v) is 38.2. The highest BCUT2D eigenvalue weighted by atomic mass is 16.6. The minimum atomic E-state index is -0.886. The third-order valence-electron chi connectivity index (χ3n) is 9.87. The lowest BCUT2D eigenvalue weighted by Crippen LogP contribution is -2.50. The molecule has 0 saturated heterocycles. The van der Waals surface area contributed by atoms with Gasteiger partial charge in [-0.15, -0.1) is 0 Å². The van der Waals surface area contributed by atoms with E-state index in [0.29, 0.717) is 19.3 Å². The van der Waals surface area contributed by atoms with Crippen LogP contribution in [0.1, 0.15) is 168 Å². The second kappa shape index (κ2) is 41.3. The second-order valence-corrected chi connectivity index (χ2v) is 16.4. The summed E-state index contributed by atoms with van der Waals surface area (Å²) in [5.74, 6) is -1.54. The SMILES string of the molecule is CC/C=C/C=C/C=C/C=C/CCCCCC(=O)OC(COCCC(C(=O)O)[N+](C)(C)C)COC(=O)CCCCCCCCCCC/C=C/C/C=C/C/C=C/CCCCC. The highest BCUT2D eigenvalue weighted by molar-refractivity contribution is 5.72. The molecule has 2 atom stereocenters. The van der Waals surface area contributed by atoms with E-state index in [1.54, 1.807) is 0 Å². The van der Waals surface area contributed by atoms with Crippen molar-refractivity contribution >= 4 is 17.9 Å². The van der Waals surface area contributed by atoms with Crippen LogP contribution in [0.2, 0.25) is 0 Å². The average molecular weight is 825 g/mol. The summed E-state index contributed by atoms with van der Waals surface area (Å²) in [5.41, 5.74) is 0. The summed E-state index contributed by atoms with van der Waals surface area (Å²) in [6.07, 6.45) is 53.5. The Kier molecular flexibility index (Phi) is 38.8. The Labute approximate surface area is 361 Å².